The summed E-state index contributed by atoms with van der Waals surface area (Å²) in [7, 11) is 0. The van der Waals surface area contributed by atoms with E-state index >= 15 is 0 Å². The number of thioether (sulfide) groups is 1. The Hall–Kier alpha value is -1.95. The molecule has 2 aromatic rings. The van der Waals surface area contributed by atoms with E-state index in [2.05, 4.69) is 21.6 Å². The van der Waals surface area contributed by atoms with Crippen LogP contribution in [0, 0.1) is 0 Å². The SMILES string of the molecule is CCSc1nc(N2CCOCC2)nc2nc(N3CCOCC3)c(N3CCOCC3)nc12. The topological polar surface area (TPSA) is 89.0 Å². The van der Waals surface area contributed by atoms with E-state index in [4.69, 9.17) is 34.1 Å². The Morgan fingerprint density at radius 1 is 0.677 bits per heavy atom. The Labute approximate surface area is 186 Å². The summed E-state index contributed by atoms with van der Waals surface area (Å²) < 4.78 is 16.6. The van der Waals surface area contributed by atoms with Crippen LogP contribution in [0.4, 0.5) is 17.6 Å². The number of morpholine rings is 3. The lowest BCUT2D eigenvalue weighted by molar-refractivity contribution is 0.120. The summed E-state index contributed by atoms with van der Waals surface area (Å²) in [5, 5.41) is 0.893. The zero-order valence-electron chi connectivity index (χ0n) is 18.0. The van der Waals surface area contributed by atoms with Gasteiger partial charge >= 0.3 is 0 Å². The zero-order chi connectivity index (χ0) is 21.0. The van der Waals surface area contributed by atoms with Crippen molar-refractivity contribution in [2.45, 2.75) is 11.9 Å². The second-order valence-corrected chi connectivity index (χ2v) is 8.86. The number of ether oxygens (including phenoxy) is 3. The molecule has 0 saturated carbocycles. The van der Waals surface area contributed by atoms with Crippen molar-refractivity contribution in [3.63, 3.8) is 0 Å². The smallest absolute Gasteiger partial charge is 0.228 e. The Kier molecular flexibility index (Phi) is 6.53. The molecule has 3 saturated heterocycles. The molecular weight excluding hydrogens is 418 g/mol. The lowest BCUT2D eigenvalue weighted by atomic mass is 10.3. The molecule has 0 aliphatic carbocycles. The molecule has 168 valence electrons. The third-order valence-electron chi connectivity index (χ3n) is 5.65. The van der Waals surface area contributed by atoms with E-state index in [1.807, 2.05) is 0 Å². The van der Waals surface area contributed by atoms with Gasteiger partial charge in [-0.2, -0.15) is 4.98 Å². The van der Waals surface area contributed by atoms with Crippen molar-refractivity contribution in [1.82, 2.24) is 19.9 Å². The van der Waals surface area contributed by atoms with Crippen LogP contribution in [-0.2, 0) is 14.2 Å². The van der Waals surface area contributed by atoms with Gasteiger partial charge in [-0.3, -0.25) is 0 Å². The first kappa shape index (κ1) is 20.9. The second kappa shape index (κ2) is 9.68. The van der Waals surface area contributed by atoms with Crippen LogP contribution in [0.15, 0.2) is 5.03 Å². The van der Waals surface area contributed by atoms with Crippen molar-refractivity contribution in [1.29, 1.82) is 0 Å². The molecule has 0 spiro atoms. The first-order valence-corrected chi connectivity index (χ1v) is 12.0. The molecule has 2 aromatic heterocycles. The van der Waals surface area contributed by atoms with Crippen molar-refractivity contribution in [2.75, 3.05) is 99.4 Å². The van der Waals surface area contributed by atoms with Gasteiger partial charge in [-0.25, -0.2) is 15.0 Å². The molecule has 5 heterocycles. The standard InChI is InChI=1S/C20H29N7O3S/c1-2-31-19-15-16(23-20(24-19)27-7-13-30-14-8-27)22-18(26-5-11-29-12-6-26)17(21-15)25-3-9-28-10-4-25/h2-14H2,1H3. The van der Waals surface area contributed by atoms with Crippen LogP contribution < -0.4 is 14.7 Å². The van der Waals surface area contributed by atoms with Gasteiger partial charge < -0.3 is 28.9 Å². The van der Waals surface area contributed by atoms with Crippen molar-refractivity contribution in [2.24, 2.45) is 0 Å². The van der Waals surface area contributed by atoms with Gasteiger partial charge in [0.2, 0.25) is 5.95 Å². The largest absolute Gasteiger partial charge is 0.378 e. The Balaban J connectivity index is 1.62. The quantitative estimate of drug-likeness (QED) is 0.486. The van der Waals surface area contributed by atoms with Gasteiger partial charge in [-0.1, -0.05) is 6.92 Å². The monoisotopic (exact) mass is 447 g/mol. The van der Waals surface area contributed by atoms with Crippen molar-refractivity contribution in [3.05, 3.63) is 0 Å². The van der Waals surface area contributed by atoms with Crippen LogP contribution in [0.5, 0.6) is 0 Å². The number of rotatable bonds is 5. The first-order valence-electron chi connectivity index (χ1n) is 11.0. The van der Waals surface area contributed by atoms with Crippen LogP contribution in [0.1, 0.15) is 6.92 Å². The lowest BCUT2D eigenvalue weighted by Gasteiger charge is -2.34. The molecule has 3 aliphatic rings. The first-order chi connectivity index (χ1) is 15.3. The van der Waals surface area contributed by atoms with Crippen LogP contribution in [-0.4, -0.2) is 105 Å². The van der Waals surface area contributed by atoms with Gasteiger partial charge in [0, 0.05) is 39.3 Å². The van der Waals surface area contributed by atoms with E-state index in [9.17, 15) is 0 Å². The maximum Gasteiger partial charge on any atom is 0.228 e. The maximum absolute atomic E-state index is 5.57. The van der Waals surface area contributed by atoms with Crippen molar-refractivity contribution < 1.29 is 14.2 Å². The number of fused-ring (bicyclic) bond motifs is 1. The lowest BCUT2D eigenvalue weighted by Crippen LogP contribution is -2.41. The number of hydrogen-bond acceptors (Lipinski definition) is 11. The zero-order valence-corrected chi connectivity index (χ0v) is 18.8. The van der Waals surface area contributed by atoms with Crippen LogP contribution >= 0.6 is 11.8 Å². The van der Waals surface area contributed by atoms with Crippen LogP contribution in [0.2, 0.25) is 0 Å². The molecule has 0 N–H and O–H groups in total. The summed E-state index contributed by atoms with van der Waals surface area (Å²) in [6, 6.07) is 0. The Morgan fingerprint density at radius 3 is 1.74 bits per heavy atom. The number of anilines is 3. The molecule has 0 unspecified atom stereocenters. The highest BCUT2D eigenvalue weighted by molar-refractivity contribution is 7.99. The van der Waals surface area contributed by atoms with E-state index in [0.29, 0.717) is 51.2 Å². The van der Waals surface area contributed by atoms with Crippen molar-refractivity contribution >= 4 is 40.5 Å². The third-order valence-corrected chi connectivity index (χ3v) is 6.49. The molecule has 31 heavy (non-hydrogen) atoms. The summed E-state index contributed by atoms with van der Waals surface area (Å²) >= 11 is 1.69. The normalized spacial score (nSPS) is 20.5. The fourth-order valence-electron chi connectivity index (χ4n) is 4.01. The summed E-state index contributed by atoms with van der Waals surface area (Å²) in [5.74, 6) is 3.41. The minimum atomic E-state index is 0.658. The number of hydrogen-bond donors (Lipinski definition) is 0. The molecule has 0 amide bonds. The Morgan fingerprint density at radius 2 is 1.19 bits per heavy atom. The molecule has 0 aromatic carbocycles. The average Bonchev–Trinajstić information content (AvgIpc) is 2.85. The van der Waals surface area contributed by atoms with Gasteiger partial charge in [0.15, 0.2) is 17.3 Å². The van der Waals surface area contributed by atoms with Crippen LogP contribution in [0.3, 0.4) is 0 Å². The van der Waals surface area contributed by atoms with Gasteiger partial charge in [0.1, 0.15) is 10.5 Å². The minimum Gasteiger partial charge on any atom is -0.378 e. The Bertz CT molecular complexity index is 900. The van der Waals surface area contributed by atoms with Gasteiger partial charge in [0.25, 0.3) is 0 Å². The molecule has 10 nitrogen and oxygen atoms in total. The highest BCUT2D eigenvalue weighted by atomic mass is 32.2. The highest BCUT2D eigenvalue weighted by Gasteiger charge is 2.26. The molecule has 0 atom stereocenters. The van der Waals surface area contributed by atoms with Crippen molar-refractivity contribution in [3.8, 4) is 0 Å². The molecule has 0 radical (unpaired) electrons. The van der Waals surface area contributed by atoms with E-state index in [1.54, 1.807) is 11.8 Å². The summed E-state index contributed by atoms with van der Waals surface area (Å²) in [6.45, 7) is 11.1. The summed E-state index contributed by atoms with van der Waals surface area (Å²) in [4.78, 5) is 26.6. The van der Waals surface area contributed by atoms with Gasteiger partial charge in [-0.05, 0) is 5.75 Å². The molecule has 0 bridgehead atoms. The van der Waals surface area contributed by atoms with E-state index < -0.39 is 0 Å². The molecular formula is C20H29N7O3S. The van der Waals surface area contributed by atoms with E-state index in [1.165, 1.54) is 0 Å². The minimum absolute atomic E-state index is 0.658. The predicted molar refractivity (Wildman–Crippen MR) is 121 cm³/mol. The molecule has 3 fully saturated rings. The maximum atomic E-state index is 5.57. The van der Waals surface area contributed by atoms with Gasteiger partial charge in [0.05, 0.1) is 39.6 Å². The fraction of sp³-hybridized carbons (Fsp3) is 0.700. The average molecular weight is 448 g/mol. The molecule has 11 heteroatoms. The molecule has 5 rings (SSSR count). The summed E-state index contributed by atoms with van der Waals surface area (Å²) in [6.07, 6.45) is 0. The number of aromatic nitrogens is 4. The van der Waals surface area contributed by atoms with Gasteiger partial charge in [-0.15, -0.1) is 11.8 Å². The third kappa shape index (κ3) is 4.50. The fourth-order valence-corrected chi connectivity index (χ4v) is 4.70. The second-order valence-electron chi connectivity index (χ2n) is 7.60. The molecule has 3 aliphatic heterocycles. The number of nitrogens with zero attached hydrogens (tertiary/aromatic N) is 7. The predicted octanol–water partition coefficient (Wildman–Crippen LogP) is 1.04. The summed E-state index contributed by atoms with van der Waals surface area (Å²) in [5.41, 5.74) is 1.44. The highest BCUT2D eigenvalue weighted by Crippen LogP contribution is 2.33. The van der Waals surface area contributed by atoms with Crippen LogP contribution in [0.25, 0.3) is 11.2 Å². The van der Waals surface area contributed by atoms with E-state index in [0.717, 1.165) is 67.2 Å². The van der Waals surface area contributed by atoms with E-state index in [-0.39, 0.29) is 0 Å².